The maximum atomic E-state index is 5.33. The number of nitrogens with zero attached hydrogens (tertiary/aromatic N) is 2. The van der Waals surface area contributed by atoms with Crippen LogP contribution in [-0.2, 0) is 6.54 Å². The Hall–Kier alpha value is -2.53. The first kappa shape index (κ1) is 19.2. The van der Waals surface area contributed by atoms with Crippen LogP contribution in [0.5, 0.6) is 11.5 Å². The molecule has 0 saturated heterocycles. The molecule has 1 unspecified atom stereocenters. The first-order valence-corrected chi connectivity index (χ1v) is 10.0. The van der Waals surface area contributed by atoms with E-state index in [1.54, 1.807) is 25.6 Å². The van der Waals surface area contributed by atoms with E-state index in [-0.39, 0.29) is 0 Å². The molecule has 27 heavy (non-hydrogen) atoms. The SMILES string of the molecule is CCC(C)Cn1c(-c2ccc(OC)cc2)csc1=Nc1cccc(OC)c1. The van der Waals surface area contributed by atoms with Crippen molar-refractivity contribution in [3.8, 4) is 22.8 Å². The highest BCUT2D eigenvalue weighted by Crippen LogP contribution is 2.25. The minimum absolute atomic E-state index is 0.570. The Morgan fingerprint density at radius 3 is 2.44 bits per heavy atom. The molecule has 0 N–H and O–H groups in total. The zero-order chi connectivity index (χ0) is 19.2. The van der Waals surface area contributed by atoms with Gasteiger partial charge in [-0.2, -0.15) is 0 Å². The maximum absolute atomic E-state index is 5.33. The lowest BCUT2D eigenvalue weighted by molar-refractivity contribution is 0.415. The van der Waals surface area contributed by atoms with Gasteiger partial charge in [-0.1, -0.05) is 26.3 Å². The van der Waals surface area contributed by atoms with Crippen molar-refractivity contribution < 1.29 is 9.47 Å². The van der Waals surface area contributed by atoms with Crippen molar-refractivity contribution >= 4 is 17.0 Å². The predicted molar refractivity (Wildman–Crippen MR) is 112 cm³/mol. The Labute approximate surface area is 164 Å². The summed E-state index contributed by atoms with van der Waals surface area (Å²) in [4.78, 5) is 5.89. The van der Waals surface area contributed by atoms with E-state index in [0.717, 1.165) is 35.0 Å². The summed E-state index contributed by atoms with van der Waals surface area (Å²) in [6.07, 6.45) is 1.13. The van der Waals surface area contributed by atoms with E-state index in [9.17, 15) is 0 Å². The third-order valence-corrected chi connectivity index (χ3v) is 5.52. The molecule has 3 rings (SSSR count). The van der Waals surface area contributed by atoms with Crippen LogP contribution < -0.4 is 14.3 Å². The van der Waals surface area contributed by atoms with Crippen molar-refractivity contribution in [3.05, 3.63) is 58.7 Å². The van der Waals surface area contributed by atoms with E-state index in [2.05, 4.69) is 35.9 Å². The molecule has 5 heteroatoms. The van der Waals surface area contributed by atoms with Crippen LogP contribution in [0.2, 0.25) is 0 Å². The summed E-state index contributed by atoms with van der Waals surface area (Å²) < 4.78 is 12.9. The van der Waals surface area contributed by atoms with Crippen LogP contribution in [0.25, 0.3) is 11.3 Å². The third kappa shape index (κ3) is 4.61. The van der Waals surface area contributed by atoms with Crippen LogP contribution in [0.15, 0.2) is 58.9 Å². The highest BCUT2D eigenvalue weighted by molar-refractivity contribution is 7.07. The third-order valence-electron chi connectivity index (χ3n) is 4.65. The van der Waals surface area contributed by atoms with Gasteiger partial charge in [-0.25, -0.2) is 4.99 Å². The number of methoxy groups -OCH3 is 2. The topological polar surface area (TPSA) is 35.8 Å². The number of rotatable bonds is 7. The average Bonchev–Trinajstić information content (AvgIpc) is 3.10. The van der Waals surface area contributed by atoms with Crippen LogP contribution in [0, 0.1) is 5.92 Å². The molecule has 1 heterocycles. The van der Waals surface area contributed by atoms with E-state index in [0.29, 0.717) is 5.92 Å². The van der Waals surface area contributed by atoms with Crippen molar-refractivity contribution in [2.75, 3.05) is 14.2 Å². The van der Waals surface area contributed by atoms with Crippen LogP contribution >= 0.6 is 11.3 Å². The highest BCUT2D eigenvalue weighted by Gasteiger charge is 2.11. The average molecular weight is 383 g/mol. The van der Waals surface area contributed by atoms with Gasteiger partial charge in [0.25, 0.3) is 0 Å². The summed E-state index contributed by atoms with van der Waals surface area (Å²) in [5.41, 5.74) is 3.25. The van der Waals surface area contributed by atoms with Gasteiger partial charge in [0.1, 0.15) is 11.5 Å². The van der Waals surface area contributed by atoms with Crippen molar-refractivity contribution in [2.24, 2.45) is 10.9 Å². The molecule has 0 fully saturated rings. The molecule has 0 spiro atoms. The lowest BCUT2D eigenvalue weighted by atomic mass is 10.1. The van der Waals surface area contributed by atoms with E-state index in [1.165, 1.54) is 11.3 Å². The second-order valence-corrected chi connectivity index (χ2v) is 7.41. The van der Waals surface area contributed by atoms with Gasteiger partial charge in [0.05, 0.1) is 25.6 Å². The summed E-state index contributed by atoms with van der Waals surface area (Å²) in [5.74, 6) is 2.25. The first-order chi connectivity index (χ1) is 13.1. The van der Waals surface area contributed by atoms with Crippen molar-refractivity contribution in [1.82, 2.24) is 4.57 Å². The normalized spacial score (nSPS) is 12.8. The van der Waals surface area contributed by atoms with Gasteiger partial charge in [0.2, 0.25) is 0 Å². The Bertz CT molecular complexity index is 941. The van der Waals surface area contributed by atoms with E-state index >= 15 is 0 Å². The van der Waals surface area contributed by atoms with Gasteiger partial charge < -0.3 is 14.0 Å². The second-order valence-electron chi connectivity index (χ2n) is 6.57. The van der Waals surface area contributed by atoms with Crippen LogP contribution in [0.3, 0.4) is 0 Å². The Kier molecular flexibility index (Phi) is 6.35. The summed E-state index contributed by atoms with van der Waals surface area (Å²) in [7, 11) is 3.36. The molecule has 0 radical (unpaired) electrons. The molecule has 0 aliphatic heterocycles. The summed E-state index contributed by atoms with van der Waals surface area (Å²) in [6, 6.07) is 16.1. The molecule has 4 nitrogen and oxygen atoms in total. The number of hydrogen-bond acceptors (Lipinski definition) is 4. The molecule has 0 saturated carbocycles. The fourth-order valence-corrected chi connectivity index (χ4v) is 3.76. The Balaban J connectivity index is 2.07. The summed E-state index contributed by atoms with van der Waals surface area (Å²) in [5, 5.41) is 2.18. The fourth-order valence-electron chi connectivity index (χ4n) is 2.82. The maximum Gasteiger partial charge on any atom is 0.190 e. The Morgan fingerprint density at radius 1 is 1.04 bits per heavy atom. The molecule has 0 aliphatic rings. The molecule has 142 valence electrons. The number of hydrogen-bond donors (Lipinski definition) is 0. The van der Waals surface area contributed by atoms with Crippen LogP contribution in [0.4, 0.5) is 5.69 Å². The highest BCUT2D eigenvalue weighted by atomic mass is 32.1. The number of benzene rings is 2. The van der Waals surface area contributed by atoms with Crippen LogP contribution in [0.1, 0.15) is 20.3 Å². The summed E-state index contributed by atoms with van der Waals surface area (Å²) >= 11 is 1.67. The molecular weight excluding hydrogens is 356 g/mol. The van der Waals surface area contributed by atoms with Gasteiger partial charge in [0.15, 0.2) is 4.80 Å². The molecule has 0 amide bonds. The predicted octanol–water partition coefficient (Wildman–Crippen LogP) is 5.51. The zero-order valence-corrected chi connectivity index (χ0v) is 17.1. The summed E-state index contributed by atoms with van der Waals surface area (Å²) in [6.45, 7) is 5.44. The van der Waals surface area contributed by atoms with E-state index < -0.39 is 0 Å². The quantitative estimate of drug-likeness (QED) is 0.540. The molecule has 3 aromatic rings. The Morgan fingerprint density at radius 2 is 1.78 bits per heavy atom. The largest absolute Gasteiger partial charge is 0.497 e. The minimum atomic E-state index is 0.570. The van der Waals surface area contributed by atoms with Crippen molar-refractivity contribution in [1.29, 1.82) is 0 Å². The monoisotopic (exact) mass is 382 g/mol. The zero-order valence-electron chi connectivity index (χ0n) is 16.3. The molecule has 2 aromatic carbocycles. The van der Waals surface area contributed by atoms with Gasteiger partial charge >= 0.3 is 0 Å². The molecule has 1 atom stereocenters. The van der Waals surface area contributed by atoms with Gasteiger partial charge in [-0.15, -0.1) is 11.3 Å². The van der Waals surface area contributed by atoms with Gasteiger partial charge in [-0.05, 0) is 47.9 Å². The number of thiazole rings is 1. The molecule has 1 aromatic heterocycles. The number of aromatic nitrogens is 1. The van der Waals surface area contributed by atoms with E-state index in [1.807, 2.05) is 36.4 Å². The standard InChI is InChI=1S/C22H26N2O2S/c1-5-16(2)14-24-21(17-9-11-19(25-3)12-10-17)15-27-22(24)23-18-7-6-8-20(13-18)26-4/h6-13,15-16H,5,14H2,1-4H3. The second kappa shape index (κ2) is 8.91. The lowest BCUT2D eigenvalue weighted by Gasteiger charge is -2.14. The van der Waals surface area contributed by atoms with E-state index in [4.69, 9.17) is 14.5 Å². The van der Waals surface area contributed by atoms with Gasteiger partial charge in [-0.3, -0.25) is 0 Å². The van der Waals surface area contributed by atoms with Crippen molar-refractivity contribution in [2.45, 2.75) is 26.8 Å². The minimum Gasteiger partial charge on any atom is -0.497 e. The number of ether oxygens (including phenoxy) is 2. The fraction of sp³-hybridized carbons (Fsp3) is 0.318. The molecular formula is C22H26N2O2S. The first-order valence-electron chi connectivity index (χ1n) is 9.16. The lowest BCUT2D eigenvalue weighted by Crippen LogP contribution is -2.19. The molecule has 0 aliphatic carbocycles. The molecule has 0 bridgehead atoms. The van der Waals surface area contributed by atoms with Crippen LogP contribution in [-0.4, -0.2) is 18.8 Å². The van der Waals surface area contributed by atoms with Crippen molar-refractivity contribution in [3.63, 3.8) is 0 Å². The van der Waals surface area contributed by atoms with Gasteiger partial charge in [0, 0.05) is 18.0 Å². The smallest absolute Gasteiger partial charge is 0.190 e.